The van der Waals surface area contributed by atoms with Gasteiger partial charge in [0.05, 0.1) is 6.04 Å². The number of H-pyrrole nitrogens is 1. The van der Waals surface area contributed by atoms with Crippen molar-refractivity contribution >= 4 is 23.0 Å². The third-order valence-electron chi connectivity index (χ3n) is 5.20. The Morgan fingerprint density at radius 1 is 1.21 bits per heavy atom. The minimum absolute atomic E-state index is 0.0491. The predicted octanol–water partition coefficient (Wildman–Crippen LogP) is 2.93. The van der Waals surface area contributed by atoms with Crippen LogP contribution in [0.2, 0.25) is 0 Å². The number of carbonyl (C=O) groups is 2. The van der Waals surface area contributed by atoms with Crippen molar-refractivity contribution in [1.82, 2.24) is 20.5 Å². The van der Waals surface area contributed by atoms with Gasteiger partial charge in [0, 0.05) is 22.6 Å². The minimum atomic E-state index is -0.500. The molecule has 1 unspecified atom stereocenters. The van der Waals surface area contributed by atoms with Gasteiger partial charge in [-0.15, -0.1) is 16.4 Å². The molecule has 2 aromatic heterocycles. The summed E-state index contributed by atoms with van der Waals surface area (Å²) in [5, 5.41) is 9.68. The molecular weight excluding hydrogens is 372 g/mol. The van der Waals surface area contributed by atoms with Gasteiger partial charge in [-0.25, -0.2) is 4.98 Å². The van der Waals surface area contributed by atoms with E-state index in [4.69, 9.17) is 0 Å². The summed E-state index contributed by atoms with van der Waals surface area (Å²) in [7, 11) is 0. The molecule has 1 amide bonds. The van der Waals surface area contributed by atoms with Crippen molar-refractivity contribution in [2.75, 3.05) is 0 Å². The molecule has 0 spiro atoms. The van der Waals surface area contributed by atoms with Crippen LogP contribution in [-0.4, -0.2) is 32.9 Å². The Morgan fingerprint density at radius 3 is 2.75 bits per heavy atom. The zero-order valence-corrected chi connectivity index (χ0v) is 16.7. The number of thiophene rings is 1. The second kappa shape index (κ2) is 7.67. The Bertz CT molecular complexity index is 1020. The van der Waals surface area contributed by atoms with Crippen molar-refractivity contribution in [1.29, 1.82) is 0 Å². The molecule has 1 aromatic carbocycles. The summed E-state index contributed by atoms with van der Waals surface area (Å²) in [6.45, 7) is 4.16. The molecule has 0 fully saturated rings. The van der Waals surface area contributed by atoms with Crippen LogP contribution in [0.15, 0.2) is 30.3 Å². The standard InChI is InChI=1S/C21H22N4O2S/c1-12-15-8-9-17(18(26)11-16(15)13(2)28-12)22-21(27)20-23-19(24-25-20)10-14-6-4-3-5-7-14/h3-7,17H,8-11H2,1-2H3,(H,22,27)(H,23,24,25). The molecule has 1 aliphatic rings. The summed E-state index contributed by atoms with van der Waals surface area (Å²) < 4.78 is 0. The van der Waals surface area contributed by atoms with E-state index in [0.29, 0.717) is 25.1 Å². The van der Waals surface area contributed by atoms with Crippen LogP contribution >= 0.6 is 11.3 Å². The fraction of sp³-hybridized carbons (Fsp3) is 0.333. The van der Waals surface area contributed by atoms with E-state index in [0.717, 1.165) is 17.5 Å². The Balaban J connectivity index is 1.43. The highest BCUT2D eigenvalue weighted by Crippen LogP contribution is 2.31. The van der Waals surface area contributed by atoms with Gasteiger partial charge in [-0.3, -0.25) is 14.7 Å². The van der Waals surface area contributed by atoms with Crippen LogP contribution < -0.4 is 5.32 Å². The van der Waals surface area contributed by atoms with Gasteiger partial charge in [-0.05, 0) is 43.4 Å². The largest absolute Gasteiger partial charge is 0.339 e. The number of aromatic nitrogens is 3. The molecule has 2 N–H and O–H groups in total. The van der Waals surface area contributed by atoms with Crippen LogP contribution in [0.1, 0.15) is 49.3 Å². The maximum atomic E-state index is 12.7. The first-order valence-electron chi connectivity index (χ1n) is 9.37. The van der Waals surface area contributed by atoms with Crippen molar-refractivity contribution < 1.29 is 9.59 Å². The van der Waals surface area contributed by atoms with E-state index in [9.17, 15) is 9.59 Å². The average molecular weight is 395 g/mol. The van der Waals surface area contributed by atoms with E-state index in [-0.39, 0.29) is 11.6 Å². The van der Waals surface area contributed by atoms with Gasteiger partial charge < -0.3 is 5.32 Å². The highest BCUT2D eigenvalue weighted by atomic mass is 32.1. The highest BCUT2D eigenvalue weighted by Gasteiger charge is 2.29. The number of hydrogen-bond acceptors (Lipinski definition) is 5. The van der Waals surface area contributed by atoms with Crippen molar-refractivity contribution in [2.45, 2.75) is 45.6 Å². The number of nitrogens with zero attached hydrogens (tertiary/aromatic N) is 2. The summed E-state index contributed by atoms with van der Waals surface area (Å²) in [5.74, 6) is 0.334. The number of carbonyl (C=O) groups excluding carboxylic acids is 2. The molecule has 0 radical (unpaired) electrons. The number of aryl methyl sites for hydroxylation is 2. The summed E-state index contributed by atoms with van der Waals surface area (Å²) in [4.78, 5) is 32.0. The number of ketones is 1. The fourth-order valence-corrected chi connectivity index (χ4v) is 4.85. The van der Waals surface area contributed by atoms with Crippen LogP contribution in [0.25, 0.3) is 0 Å². The van der Waals surface area contributed by atoms with Crippen molar-refractivity contribution in [3.63, 3.8) is 0 Å². The minimum Gasteiger partial charge on any atom is -0.339 e. The Hall–Kier alpha value is -2.80. The lowest BCUT2D eigenvalue weighted by molar-refractivity contribution is -0.120. The second-order valence-electron chi connectivity index (χ2n) is 7.15. The zero-order chi connectivity index (χ0) is 19.7. The third kappa shape index (κ3) is 3.75. The number of benzene rings is 1. The van der Waals surface area contributed by atoms with Crippen LogP contribution in [0.4, 0.5) is 0 Å². The number of fused-ring (bicyclic) bond motifs is 1. The molecule has 144 valence electrons. The van der Waals surface area contributed by atoms with E-state index in [1.807, 2.05) is 30.3 Å². The Morgan fingerprint density at radius 2 is 1.96 bits per heavy atom. The first kappa shape index (κ1) is 18.6. The first-order valence-corrected chi connectivity index (χ1v) is 10.2. The van der Waals surface area contributed by atoms with E-state index < -0.39 is 11.9 Å². The van der Waals surface area contributed by atoms with Crippen LogP contribution in [0, 0.1) is 13.8 Å². The lowest BCUT2D eigenvalue weighted by atomic mass is 10.0. The van der Waals surface area contributed by atoms with Crippen molar-refractivity contribution in [3.8, 4) is 0 Å². The van der Waals surface area contributed by atoms with Crippen LogP contribution in [0.5, 0.6) is 0 Å². The number of Topliss-reactive ketones (excluding diaryl/α,β-unsaturated/α-hetero) is 1. The predicted molar refractivity (Wildman–Crippen MR) is 108 cm³/mol. The number of amides is 1. The maximum absolute atomic E-state index is 12.7. The Kier molecular flexibility index (Phi) is 5.09. The monoisotopic (exact) mass is 394 g/mol. The number of nitrogens with one attached hydrogen (secondary N) is 2. The Labute approximate surface area is 167 Å². The van der Waals surface area contributed by atoms with Gasteiger partial charge >= 0.3 is 0 Å². The molecule has 0 aliphatic heterocycles. The molecule has 7 heteroatoms. The third-order valence-corrected chi connectivity index (χ3v) is 6.30. The molecule has 0 saturated heterocycles. The number of aromatic amines is 1. The quantitative estimate of drug-likeness (QED) is 0.666. The summed E-state index contributed by atoms with van der Waals surface area (Å²) in [6.07, 6.45) is 2.36. The summed E-state index contributed by atoms with van der Waals surface area (Å²) in [6, 6.07) is 9.36. The van der Waals surface area contributed by atoms with Crippen molar-refractivity contribution in [2.24, 2.45) is 0 Å². The molecular formula is C21H22N4O2S. The fourth-order valence-electron chi connectivity index (χ4n) is 3.72. The molecule has 1 atom stereocenters. The van der Waals surface area contributed by atoms with Gasteiger partial charge in [-0.2, -0.15) is 0 Å². The molecule has 1 aliphatic carbocycles. The van der Waals surface area contributed by atoms with Gasteiger partial charge in [0.15, 0.2) is 5.78 Å². The average Bonchev–Trinajstić information content (AvgIpc) is 3.19. The topological polar surface area (TPSA) is 87.7 Å². The second-order valence-corrected chi connectivity index (χ2v) is 8.58. The first-order chi connectivity index (χ1) is 13.5. The molecule has 4 rings (SSSR count). The zero-order valence-electron chi connectivity index (χ0n) is 15.9. The smallest absolute Gasteiger partial charge is 0.291 e. The van der Waals surface area contributed by atoms with Gasteiger partial charge in [-0.1, -0.05) is 30.3 Å². The van der Waals surface area contributed by atoms with Crippen LogP contribution in [-0.2, 0) is 24.1 Å². The van der Waals surface area contributed by atoms with E-state index in [1.54, 1.807) is 11.3 Å². The molecule has 3 aromatic rings. The van der Waals surface area contributed by atoms with E-state index in [2.05, 4.69) is 34.3 Å². The number of rotatable bonds is 4. The van der Waals surface area contributed by atoms with Crippen LogP contribution in [0.3, 0.4) is 0 Å². The maximum Gasteiger partial charge on any atom is 0.291 e. The van der Waals surface area contributed by atoms with E-state index in [1.165, 1.54) is 15.3 Å². The summed E-state index contributed by atoms with van der Waals surface area (Å²) >= 11 is 1.75. The molecule has 6 nitrogen and oxygen atoms in total. The van der Waals surface area contributed by atoms with Crippen molar-refractivity contribution in [3.05, 3.63) is 68.4 Å². The number of hydrogen-bond donors (Lipinski definition) is 2. The lowest BCUT2D eigenvalue weighted by Gasteiger charge is -2.14. The molecule has 28 heavy (non-hydrogen) atoms. The van der Waals surface area contributed by atoms with Gasteiger partial charge in [0.1, 0.15) is 5.82 Å². The molecule has 2 heterocycles. The summed E-state index contributed by atoms with van der Waals surface area (Å²) in [5.41, 5.74) is 3.50. The molecule has 0 bridgehead atoms. The normalized spacial score (nSPS) is 16.5. The van der Waals surface area contributed by atoms with Gasteiger partial charge in [0.25, 0.3) is 5.91 Å². The lowest BCUT2D eigenvalue weighted by Crippen LogP contribution is -2.41. The SMILES string of the molecule is Cc1sc(C)c2c1CCC(NC(=O)c1n[nH]c(Cc3ccccc3)n1)C(=O)C2. The molecule has 0 saturated carbocycles. The van der Waals surface area contributed by atoms with E-state index >= 15 is 0 Å². The van der Waals surface area contributed by atoms with Gasteiger partial charge in [0.2, 0.25) is 5.82 Å². The highest BCUT2D eigenvalue weighted by molar-refractivity contribution is 7.12.